The van der Waals surface area contributed by atoms with E-state index in [1.54, 1.807) is 0 Å². The summed E-state index contributed by atoms with van der Waals surface area (Å²) in [5.41, 5.74) is 3.26. The van der Waals surface area contributed by atoms with Crippen molar-refractivity contribution in [3.8, 4) is 0 Å². The molecule has 0 spiro atoms. The van der Waals surface area contributed by atoms with Crippen molar-refractivity contribution in [3.63, 3.8) is 0 Å². The molecule has 0 atom stereocenters. The van der Waals surface area contributed by atoms with Crippen molar-refractivity contribution in [2.45, 2.75) is 63.6 Å². The fourth-order valence-electron chi connectivity index (χ4n) is 4.75. The SMILES string of the molecule is COC1CCC(N2CCC(n3c(=O)[nH]c4ccc(C)cc43)CC2)CC1. The maximum absolute atomic E-state index is 12.5. The Morgan fingerprint density at radius 1 is 1.04 bits per heavy atom. The zero-order chi connectivity index (χ0) is 17.4. The van der Waals surface area contributed by atoms with Crippen LogP contribution in [0.2, 0.25) is 0 Å². The molecule has 5 heteroatoms. The Hall–Kier alpha value is -1.59. The average Bonchev–Trinajstić information content (AvgIpc) is 2.97. The topological polar surface area (TPSA) is 50.3 Å². The molecule has 2 aliphatic rings. The number of methoxy groups -OCH3 is 1. The van der Waals surface area contributed by atoms with E-state index in [0.29, 0.717) is 18.2 Å². The van der Waals surface area contributed by atoms with Crippen LogP contribution in [0.3, 0.4) is 0 Å². The standard InChI is InChI=1S/C20H29N3O2/c1-14-3-8-18-19(13-14)23(20(24)21-18)16-9-11-22(12-10-16)15-4-6-17(25-2)7-5-15/h3,8,13,15-17H,4-7,9-12H2,1-2H3,(H,21,24). The lowest BCUT2D eigenvalue weighted by Gasteiger charge is -2.40. The number of imidazole rings is 1. The molecule has 1 aliphatic heterocycles. The summed E-state index contributed by atoms with van der Waals surface area (Å²) >= 11 is 0. The van der Waals surface area contributed by atoms with Crippen LogP contribution in [0.4, 0.5) is 0 Å². The molecule has 2 heterocycles. The molecule has 136 valence electrons. The van der Waals surface area contributed by atoms with Crippen molar-refractivity contribution < 1.29 is 4.74 Å². The van der Waals surface area contributed by atoms with Crippen molar-refractivity contribution in [3.05, 3.63) is 34.2 Å². The Morgan fingerprint density at radius 3 is 2.44 bits per heavy atom. The summed E-state index contributed by atoms with van der Waals surface area (Å²) in [4.78, 5) is 18.1. The molecule has 0 bridgehead atoms. The highest BCUT2D eigenvalue weighted by molar-refractivity contribution is 5.76. The van der Waals surface area contributed by atoms with Gasteiger partial charge in [0.1, 0.15) is 0 Å². The molecule has 1 N–H and O–H groups in total. The van der Waals surface area contributed by atoms with Crippen LogP contribution in [0.1, 0.15) is 50.1 Å². The highest BCUT2D eigenvalue weighted by atomic mass is 16.5. The minimum absolute atomic E-state index is 0.0413. The van der Waals surface area contributed by atoms with Gasteiger partial charge >= 0.3 is 5.69 Å². The van der Waals surface area contributed by atoms with Crippen molar-refractivity contribution in [1.82, 2.24) is 14.5 Å². The first-order chi connectivity index (χ1) is 12.2. The lowest BCUT2D eigenvalue weighted by molar-refractivity contribution is 0.0296. The fourth-order valence-corrected chi connectivity index (χ4v) is 4.75. The second-order valence-corrected chi connectivity index (χ2v) is 7.75. The van der Waals surface area contributed by atoms with Crippen LogP contribution in [0, 0.1) is 6.92 Å². The molecule has 1 saturated carbocycles. The van der Waals surface area contributed by atoms with Gasteiger partial charge in [-0.15, -0.1) is 0 Å². The van der Waals surface area contributed by atoms with Crippen molar-refractivity contribution in [2.24, 2.45) is 0 Å². The molecule has 0 amide bonds. The summed E-state index contributed by atoms with van der Waals surface area (Å²) in [6, 6.07) is 7.22. The Labute approximate surface area is 149 Å². The van der Waals surface area contributed by atoms with Crippen LogP contribution >= 0.6 is 0 Å². The fraction of sp³-hybridized carbons (Fsp3) is 0.650. The van der Waals surface area contributed by atoms with Gasteiger partial charge in [-0.05, 0) is 63.1 Å². The van der Waals surface area contributed by atoms with Gasteiger partial charge in [0.15, 0.2) is 0 Å². The largest absolute Gasteiger partial charge is 0.381 e. The number of benzene rings is 1. The summed E-state index contributed by atoms with van der Waals surface area (Å²) in [6.07, 6.45) is 7.44. The zero-order valence-corrected chi connectivity index (χ0v) is 15.3. The predicted octanol–water partition coefficient (Wildman–Crippen LogP) is 3.23. The van der Waals surface area contributed by atoms with Crippen LogP contribution in [0.15, 0.2) is 23.0 Å². The number of hydrogen-bond donors (Lipinski definition) is 1. The lowest BCUT2D eigenvalue weighted by atomic mass is 9.90. The highest BCUT2D eigenvalue weighted by Gasteiger charge is 2.30. The third-order valence-electron chi connectivity index (χ3n) is 6.23. The minimum Gasteiger partial charge on any atom is -0.381 e. The molecule has 4 rings (SSSR count). The summed E-state index contributed by atoms with van der Waals surface area (Å²) < 4.78 is 7.50. The quantitative estimate of drug-likeness (QED) is 0.931. The first kappa shape index (κ1) is 16.9. The maximum atomic E-state index is 12.5. The number of piperidine rings is 1. The van der Waals surface area contributed by atoms with Crippen molar-refractivity contribution in [2.75, 3.05) is 20.2 Å². The number of hydrogen-bond acceptors (Lipinski definition) is 3. The molecule has 1 aromatic heterocycles. The number of H-pyrrole nitrogens is 1. The van der Waals surface area contributed by atoms with E-state index in [1.807, 2.05) is 17.7 Å². The van der Waals surface area contributed by atoms with Crippen molar-refractivity contribution >= 4 is 11.0 Å². The molecule has 2 aromatic rings. The van der Waals surface area contributed by atoms with E-state index in [1.165, 1.54) is 31.2 Å². The van der Waals surface area contributed by atoms with E-state index in [-0.39, 0.29) is 5.69 Å². The molecule has 0 radical (unpaired) electrons. The van der Waals surface area contributed by atoms with Crippen LogP contribution < -0.4 is 5.69 Å². The number of aryl methyl sites for hydroxylation is 1. The van der Waals surface area contributed by atoms with E-state index in [0.717, 1.165) is 37.0 Å². The zero-order valence-electron chi connectivity index (χ0n) is 15.3. The van der Waals surface area contributed by atoms with Gasteiger partial charge in [-0.2, -0.15) is 0 Å². The number of nitrogens with zero attached hydrogens (tertiary/aromatic N) is 2. The summed E-state index contributed by atoms with van der Waals surface area (Å²) in [5.74, 6) is 0. The number of likely N-dealkylation sites (tertiary alicyclic amines) is 1. The molecule has 1 aromatic carbocycles. The van der Waals surface area contributed by atoms with Crippen LogP contribution in [0.25, 0.3) is 11.0 Å². The first-order valence-corrected chi connectivity index (χ1v) is 9.63. The minimum atomic E-state index is 0.0413. The Kier molecular flexibility index (Phi) is 4.69. The van der Waals surface area contributed by atoms with Gasteiger partial charge in [0.2, 0.25) is 0 Å². The first-order valence-electron chi connectivity index (χ1n) is 9.63. The molecule has 1 saturated heterocycles. The molecular weight excluding hydrogens is 314 g/mol. The molecule has 0 unspecified atom stereocenters. The van der Waals surface area contributed by atoms with E-state index in [2.05, 4.69) is 28.9 Å². The summed E-state index contributed by atoms with van der Waals surface area (Å²) in [6.45, 7) is 4.27. The predicted molar refractivity (Wildman–Crippen MR) is 100 cm³/mol. The van der Waals surface area contributed by atoms with Crippen LogP contribution in [-0.4, -0.2) is 46.8 Å². The van der Waals surface area contributed by atoms with E-state index >= 15 is 0 Å². The summed E-state index contributed by atoms with van der Waals surface area (Å²) in [7, 11) is 1.83. The van der Waals surface area contributed by atoms with E-state index < -0.39 is 0 Å². The number of ether oxygens (including phenoxy) is 1. The smallest absolute Gasteiger partial charge is 0.326 e. The Morgan fingerprint density at radius 2 is 1.76 bits per heavy atom. The third kappa shape index (κ3) is 3.27. The summed E-state index contributed by atoms with van der Waals surface area (Å²) in [5, 5.41) is 0. The molecule has 25 heavy (non-hydrogen) atoms. The number of aromatic amines is 1. The normalized spacial score (nSPS) is 26.3. The van der Waals surface area contributed by atoms with Gasteiger partial charge < -0.3 is 14.6 Å². The lowest BCUT2D eigenvalue weighted by Crippen LogP contribution is -2.45. The number of fused-ring (bicyclic) bond motifs is 1. The Balaban J connectivity index is 1.45. The number of aromatic nitrogens is 2. The van der Waals surface area contributed by atoms with Gasteiger partial charge in [0.05, 0.1) is 17.1 Å². The van der Waals surface area contributed by atoms with E-state index in [4.69, 9.17) is 4.74 Å². The Bertz CT molecular complexity index is 778. The number of nitrogens with one attached hydrogen (secondary N) is 1. The molecule has 2 fully saturated rings. The average molecular weight is 343 g/mol. The van der Waals surface area contributed by atoms with Crippen molar-refractivity contribution in [1.29, 1.82) is 0 Å². The molecule has 1 aliphatic carbocycles. The highest BCUT2D eigenvalue weighted by Crippen LogP contribution is 2.30. The van der Waals surface area contributed by atoms with Crippen LogP contribution in [0.5, 0.6) is 0 Å². The molecule has 5 nitrogen and oxygen atoms in total. The van der Waals surface area contributed by atoms with Gasteiger partial charge in [-0.25, -0.2) is 4.79 Å². The third-order valence-corrected chi connectivity index (χ3v) is 6.23. The van der Waals surface area contributed by atoms with Gasteiger partial charge in [0.25, 0.3) is 0 Å². The van der Waals surface area contributed by atoms with Gasteiger partial charge in [-0.3, -0.25) is 4.57 Å². The van der Waals surface area contributed by atoms with Gasteiger partial charge in [0, 0.05) is 32.3 Å². The maximum Gasteiger partial charge on any atom is 0.326 e. The second kappa shape index (κ2) is 6.96. The monoisotopic (exact) mass is 343 g/mol. The van der Waals surface area contributed by atoms with E-state index in [9.17, 15) is 4.79 Å². The second-order valence-electron chi connectivity index (χ2n) is 7.75. The molecular formula is C20H29N3O2. The number of rotatable bonds is 3. The van der Waals surface area contributed by atoms with Gasteiger partial charge in [-0.1, -0.05) is 6.07 Å². The van der Waals surface area contributed by atoms with Crippen LogP contribution in [-0.2, 0) is 4.74 Å².